The molecule has 0 saturated heterocycles. The Morgan fingerprint density at radius 3 is 1.76 bits per heavy atom. The number of para-hydroxylation sites is 1. The van der Waals surface area contributed by atoms with Crippen molar-refractivity contribution in [3.63, 3.8) is 0 Å². The molecule has 0 spiro atoms. The lowest BCUT2D eigenvalue weighted by Gasteiger charge is -2.26. The summed E-state index contributed by atoms with van der Waals surface area (Å²) in [5.41, 5.74) is 9.91. The molecule has 10 aromatic rings. The highest BCUT2D eigenvalue weighted by Gasteiger charge is 2.17. The van der Waals surface area contributed by atoms with Crippen molar-refractivity contribution in [1.82, 2.24) is 0 Å². The van der Waals surface area contributed by atoms with Gasteiger partial charge in [0.15, 0.2) is 0 Å². The lowest BCUT2D eigenvalue weighted by molar-refractivity contribution is 0.669. The number of hydrogen-bond donors (Lipinski definition) is 0. The molecule has 0 fully saturated rings. The molecule has 1 heterocycles. The van der Waals surface area contributed by atoms with E-state index in [2.05, 4.69) is 193 Å². The molecule has 0 bridgehead atoms. The Morgan fingerprint density at radius 2 is 0.920 bits per heavy atom. The first kappa shape index (κ1) is 28.4. The van der Waals surface area contributed by atoms with Crippen molar-refractivity contribution in [2.75, 3.05) is 4.90 Å². The molecule has 0 unspecified atom stereocenters. The lowest BCUT2D eigenvalue weighted by atomic mass is 9.92. The second-order valence-electron chi connectivity index (χ2n) is 13.0. The van der Waals surface area contributed by atoms with E-state index in [4.69, 9.17) is 4.42 Å². The van der Waals surface area contributed by atoms with Gasteiger partial charge in [-0.3, -0.25) is 0 Å². The fourth-order valence-electron chi connectivity index (χ4n) is 7.57. The third kappa shape index (κ3) is 4.73. The predicted molar refractivity (Wildman–Crippen MR) is 212 cm³/mol. The molecule has 0 N–H and O–H groups in total. The molecule has 10 rings (SSSR count). The van der Waals surface area contributed by atoms with Crippen molar-refractivity contribution in [2.24, 2.45) is 0 Å². The van der Waals surface area contributed by atoms with E-state index in [0.717, 1.165) is 39.0 Å². The smallest absolute Gasteiger partial charge is 0.136 e. The van der Waals surface area contributed by atoms with Gasteiger partial charge in [0.05, 0.1) is 0 Å². The summed E-state index contributed by atoms with van der Waals surface area (Å²) in [6.45, 7) is 0. The summed E-state index contributed by atoms with van der Waals surface area (Å²) in [6.07, 6.45) is 0. The summed E-state index contributed by atoms with van der Waals surface area (Å²) in [7, 11) is 0. The largest absolute Gasteiger partial charge is 0.456 e. The molecule has 234 valence electrons. The molecule has 0 aliphatic rings. The zero-order chi connectivity index (χ0) is 33.0. The molecule has 0 amide bonds. The van der Waals surface area contributed by atoms with Crippen molar-refractivity contribution < 1.29 is 4.42 Å². The fraction of sp³-hybridized carbons (Fsp3) is 0. The van der Waals surface area contributed by atoms with Crippen LogP contribution in [0, 0.1) is 0 Å². The Bertz CT molecular complexity index is 2870. The highest BCUT2D eigenvalue weighted by Crippen LogP contribution is 2.42. The summed E-state index contributed by atoms with van der Waals surface area (Å²) in [4.78, 5) is 2.33. The predicted octanol–water partition coefficient (Wildman–Crippen LogP) is 13.8. The zero-order valence-corrected chi connectivity index (χ0v) is 27.3. The lowest BCUT2D eigenvalue weighted by Crippen LogP contribution is -2.09. The molecule has 0 saturated carbocycles. The summed E-state index contributed by atoms with van der Waals surface area (Å²) in [6, 6.07) is 67.6. The molecule has 0 atom stereocenters. The average Bonchev–Trinajstić information content (AvgIpc) is 3.57. The number of anilines is 3. The van der Waals surface area contributed by atoms with Gasteiger partial charge in [0.1, 0.15) is 11.2 Å². The van der Waals surface area contributed by atoms with Gasteiger partial charge in [0.2, 0.25) is 0 Å². The number of furan rings is 1. The van der Waals surface area contributed by atoms with Crippen LogP contribution in [0.1, 0.15) is 0 Å². The summed E-state index contributed by atoms with van der Waals surface area (Å²) in [5.74, 6) is 0. The first-order valence-electron chi connectivity index (χ1n) is 17.1. The van der Waals surface area contributed by atoms with E-state index in [1.54, 1.807) is 0 Å². The minimum Gasteiger partial charge on any atom is -0.456 e. The second-order valence-corrected chi connectivity index (χ2v) is 13.0. The Balaban J connectivity index is 1.11. The number of fused-ring (bicyclic) bond motifs is 7. The van der Waals surface area contributed by atoms with Crippen molar-refractivity contribution in [3.8, 4) is 22.3 Å². The Hall–Kier alpha value is -6.64. The van der Waals surface area contributed by atoms with Crippen LogP contribution < -0.4 is 4.90 Å². The maximum atomic E-state index is 6.35. The van der Waals surface area contributed by atoms with Crippen LogP contribution in [-0.4, -0.2) is 0 Å². The van der Waals surface area contributed by atoms with Crippen LogP contribution in [-0.2, 0) is 0 Å². The first-order chi connectivity index (χ1) is 24.8. The fourth-order valence-corrected chi connectivity index (χ4v) is 7.57. The van der Waals surface area contributed by atoms with Gasteiger partial charge in [-0.1, -0.05) is 121 Å². The van der Waals surface area contributed by atoms with Crippen LogP contribution in [0.3, 0.4) is 0 Å². The van der Waals surface area contributed by atoms with Crippen molar-refractivity contribution in [1.29, 1.82) is 0 Å². The van der Waals surface area contributed by atoms with E-state index in [1.807, 2.05) is 0 Å². The van der Waals surface area contributed by atoms with Gasteiger partial charge >= 0.3 is 0 Å². The van der Waals surface area contributed by atoms with Crippen molar-refractivity contribution in [2.45, 2.75) is 0 Å². The zero-order valence-electron chi connectivity index (χ0n) is 27.3. The SMILES string of the molecule is c1ccc(N(c2ccc(-c3cc(-c4ccc5ccccc5c4)cc4ccccc34)cc2)c2ccc3oc4ccc5ccccc5c4c3c2)cc1. The van der Waals surface area contributed by atoms with Crippen LogP contribution in [0.4, 0.5) is 17.1 Å². The van der Waals surface area contributed by atoms with Crippen LogP contribution in [0.15, 0.2) is 192 Å². The number of hydrogen-bond acceptors (Lipinski definition) is 2. The third-order valence-corrected chi connectivity index (χ3v) is 10.00. The Morgan fingerprint density at radius 1 is 0.320 bits per heavy atom. The van der Waals surface area contributed by atoms with E-state index in [1.165, 1.54) is 54.6 Å². The molecule has 0 radical (unpaired) electrons. The molecule has 2 nitrogen and oxygen atoms in total. The van der Waals surface area contributed by atoms with Crippen molar-refractivity contribution >= 4 is 71.3 Å². The quantitative estimate of drug-likeness (QED) is 0.187. The minimum absolute atomic E-state index is 0.890. The molecular weight excluding hydrogens is 607 g/mol. The standard InChI is InChI=1S/C48H31NO/c1-2-14-39(15-3-1)49(41-25-27-46-45(31-41)48-43-17-9-6-11-33(43)22-26-47(48)50-46)40-23-20-34(21-24-40)44-30-38(29-37-13-7-8-16-42(37)44)36-19-18-32-10-4-5-12-35(32)28-36/h1-31H. The molecule has 2 heteroatoms. The Kier molecular flexibility index (Phi) is 6.53. The number of rotatable bonds is 5. The molecule has 50 heavy (non-hydrogen) atoms. The van der Waals surface area contributed by atoms with E-state index >= 15 is 0 Å². The van der Waals surface area contributed by atoms with Crippen LogP contribution in [0.2, 0.25) is 0 Å². The van der Waals surface area contributed by atoms with Gasteiger partial charge in [0, 0.05) is 27.8 Å². The van der Waals surface area contributed by atoms with E-state index in [0.29, 0.717) is 0 Å². The summed E-state index contributed by atoms with van der Waals surface area (Å²) in [5, 5.41) is 9.66. The Labute approximate surface area is 290 Å². The number of nitrogens with zero attached hydrogens (tertiary/aromatic N) is 1. The van der Waals surface area contributed by atoms with Gasteiger partial charge in [-0.25, -0.2) is 0 Å². The monoisotopic (exact) mass is 637 g/mol. The van der Waals surface area contributed by atoms with Crippen LogP contribution in [0.25, 0.3) is 76.5 Å². The van der Waals surface area contributed by atoms with E-state index in [-0.39, 0.29) is 0 Å². The molecule has 9 aromatic carbocycles. The summed E-state index contributed by atoms with van der Waals surface area (Å²) < 4.78 is 6.35. The maximum absolute atomic E-state index is 6.35. The van der Waals surface area contributed by atoms with Gasteiger partial charge in [-0.15, -0.1) is 0 Å². The number of benzene rings is 9. The van der Waals surface area contributed by atoms with Gasteiger partial charge in [-0.05, 0) is 121 Å². The normalized spacial score (nSPS) is 11.6. The van der Waals surface area contributed by atoms with Gasteiger partial charge in [0.25, 0.3) is 0 Å². The maximum Gasteiger partial charge on any atom is 0.136 e. The van der Waals surface area contributed by atoms with Crippen LogP contribution in [0.5, 0.6) is 0 Å². The first-order valence-corrected chi connectivity index (χ1v) is 17.1. The molecule has 1 aromatic heterocycles. The topological polar surface area (TPSA) is 16.4 Å². The summed E-state index contributed by atoms with van der Waals surface area (Å²) >= 11 is 0. The third-order valence-electron chi connectivity index (χ3n) is 10.00. The molecule has 0 aliphatic carbocycles. The minimum atomic E-state index is 0.890. The van der Waals surface area contributed by atoms with E-state index in [9.17, 15) is 0 Å². The van der Waals surface area contributed by atoms with Gasteiger partial charge < -0.3 is 9.32 Å². The van der Waals surface area contributed by atoms with Crippen molar-refractivity contribution in [3.05, 3.63) is 188 Å². The highest BCUT2D eigenvalue weighted by molar-refractivity contribution is 6.19. The van der Waals surface area contributed by atoms with Gasteiger partial charge in [-0.2, -0.15) is 0 Å². The van der Waals surface area contributed by atoms with E-state index < -0.39 is 0 Å². The second kappa shape index (κ2) is 11.5. The molecular formula is C48H31NO. The highest BCUT2D eigenvalue weighted by atomic mass is 16.3. The molecule has 0 aliphatic heterocycles. The van der Waals surface area contributed by atoms with Crippen LogP contribution >= 0.6 is 0 Å². The average molecular weight is 638 g/mol.